The lowest BCUT2D eigenvalue weighted by Gasteiger charge is -2.13. The first-order chi connectivity index (χ1) is 8.61. The lowest BCUT2D eigenvalue weighted by molar-refractivity contribution is 0.0693. The topological polar surface area (TPSA) is 57.6 Å². The molecule has 1 aromatic carbocycles. The number of carboxylic acid groups (broad SMARTS) is 1. The molecule has 18 heavy (non-hydrogen) atoms. The number of carboxylic acids is 1. The number of halogens is 1. The van der Waals surface area contributed by atoms with E-state index in [1.165, 1.54) is 6.07 Å². The van der Waals surface area contributed by atoms with Crippen LogP contribution in [0.3, 0.4) is 0 Å². The van der Waals surface area contributed by atoms with Crippen LogP contribution in [-0.4, -0.2) is 17.0 Å². The van der Waals surface area contributed by atoms with Crippen molar-refractivity contribution in [2.24, 2.45) is 0 Å². The van der Waals surface area contributed by atoms with Gasteiger partial charge >= 0.3 is 5.97 Å². The number of thiophene rings is 1. The third-order valence-electron chi connectivity index (χ3n) is 2.25. The highest BCUT2D eigenvalue weighted by atomic mass is 35.5. The minimum absolute atomic E-state index is 0.0356. The van der Waals surface area contributed by atoms with Gasteiger partial charge in [-0.1, -0.05) is 18.2 Å². The second kappa shape index (κ2) is 5.20. The standard InChI is InChI=1S/C12H8ClNO3S/c13-14(8-4-2-1-3-5-8)11(15)10-9(12(16)17)6-7-18-10/h1-7H,(H,16,17). The maximum absolute atomic E-state index is 12.1. The Morgan fingerprint density at radius 2 is 1.83 bits per heavy atom. The zero-order chi connectivity index (χ0) is 13.1. The Morgan fingerprint density at radius 1 is 1.17 bits per heavy atom. The minimum atomic E-state index is -1.14. The van der Waals surface area contributed by atoms with E-state index in [-0.39, 0.29) is 10.4 Å². The second-order valence-electron chi connectivity index (χ2n) is 3.39. The molecule has 6 heteroatoms. The second-order valence-corrected chi connectivity index (χ2v) is 4.64. The fraction of sp³-hybridized carbons (Fsp3) is 0. The first-order valence-corrected chi connectivity index (χ1v) is 6.19. The zero-order valence-corrected chi connectivity index (χ0v) is 10.6. The molecule has 0 bridgehead atoms. The molecule has 0 aliphatic carbocycles. The van der Waals surface area contributed by atoms with Gasteiger partial charge in [0.05, 0.1) is 11.3 Å². The van der Waals surface area contributed by atoms with Crippen molar-refractivity contribution in [1.82, 2.24) is 0 Å². The predicted molar refractivity (Wildman–Crippen MR) is 70.4 cm³/mol. The summed E-state index contributed by atoms with van der Waals surface area (Å²) in [5.74, 6) is -1.69. The van der Waals surface area contributed by atoms with Gasteiger partial charge in [0.2, 0.25) is 0 Å². The molecule has 0 aliphatic rings. The summed E-state index contributed by atoms with van der Waals surface area (Å²) in [6.45, 7) is 0. The minimum Gasteiger partial charge on any atom is -0.478 e. The van der Waals surface area contributed by atoms with Crippen LogP contribution >= 0.6 is 23.1 Å². The number of aromatic carboxylic acids is 1. The van der Waals surface area contributed by atoms with Gasteiger partial charge in [0.15, 0.2) is 0 Å². The lowest BCUT2D eigenvalue weighted by atomic mass is 10.2. The Balaban J connectivity index is 2.32. The molecule has 1 N–H and O–H groups in total. The van der Waals surface area contributed by atoms with Gasteiger partial charge in [0, 0.05) is 11.8 Å². The number of carbonyl (C=O) groups excluding carboxylic acids is 1. The van der Waals surface area contributed by atoms with Gasteiger partial charge in [-0.15, -0.1) is 11.3 Å². The molecule has 1 heterocycles. The number of rotatable bonds is 3. The molecule has 0 unspecified atom stereocenters. The van der Waals surface area contributed by atoms with E-state index in [1.807, 2.05) is 0 Å². The van der Waals surface area contributed by atoms with Crippen LogP contribution in [0.4, 0.5) is 5.69 Å². The number of nitrogens with zero attached hydrogens (tertiary/aromatic N) is 1. The van der Waals surface area contributed by atoms with E-state index in [9.17, 15) is 9.59 Å². The van der Waals surface area contributed by atoms with Crippen molar-refractivity contribution in [3.8, 4) is 0 Å². The molecular weight excluding hydrogens is 274 g/mol. The lowest BCUT2D eigenvalue weighted by Crippen LogP contribution is -2.21. The first kappa shape index (κ1) is 12.6. The monoisotopic (exact) mass is 281 g/mol. The molecule has 0 radical (unpaired) electrons. The van der Waals surface area contributed by atoms with E-state index in [2.05, 4.69) is 0 Å². The first-order valence-electron chi connectivity index (χ1n) is 4.97. The number of hydrogen-bond donors (Lipinski definition) is 1. The van der Waals surface area contributed by atoms with Gasteiger partial charge in [0.1, 0.15) is 4.88 Å². The van der Waals surface area contributed by atoms with E-state index < -0.39 is 11.9 Å². The van der Waals surface area contributed by atoms with Crippen LogP contribution in [0.2, 0.25) is 0 Å². The highest BCUT2D eigenvalue weighted by Gasteiger charge is 2.23. The quantitative estimate of drug-likeness (QED) is 0.879. The highest BCUT2D eigenvalue weighted by Crippen LogP contribution is 2.24. The van der Waals surface area contributed by atoms with E-state index in [0.29, 0.717) is 5.69 Å². The molecule has 0 saturated carbocycles. The Hall–Kier alpha value is -1.85. The molecule has 1 aromatic heterocycles. The van der Waals surface area contributed by atoms with E-state index >= 15 is 0 Å². The maximum Gasteiger partial charge on any atom is 0.337 e. The molecule has 92 valence electrons. The third-order valence-corrected chi connectivity index (χ3v) is 3.50. The molecule has 0 atom stereocenters. The summed E-state index contributed by atoms with van der Waals surface area (Å²) in [5, 5.41) is 10.5. The van der Waals surface area contributed by atoms with Gasteiger partial charge in [0.25, 0.3) is 5.91 Å². The Labute approximate surface area is 112 Å². The summed E-state index contributed by atoms with van der Waals surface area (Å²) in [6.07, 6.45) is 0. The number of carbonyl (C=O) groups is 2. The molecule has 2 aromatic rings. The van der Waals surface area contributed by atoms with Gasteiger partial charge in [-0.2, -0.15) is 0 Å². The predicted octanol–water partition coefficient (Wildman–Crippen LogP) is 3.25. The fourth-order valence-electron chi connectivity index (χ4n) is 1.41. The van der Waals surface area contributed by atoms with E-state index in [0.717, 1.165) is 15.8 Å². The molecule has 1 amide bonds. The van der Waals surface area contributed by atoms with Crippen LogP contribution in [0, 0.1) is 0 Å². The van der Waals surface area contributed by atoms with E-state index in [4.69, 9.17) is 16.9 Å². The van der Waals surface area contributed by atoms with Crippen LogP contribution in [0.25, 0.3) is 0 Å². The zero-order valence-electron chi connectivity index (χ0n) is 9.04. The molecule has 0 fully saturated rings. The smallest absolute Gasteiger partial charge is 0.337 e. The van der Waals surface area contributed by atoms with E-state index in [1.54, 1.807) is 35.7 Å². The van der Waals surface area contributed by atoms with Crippen molar-refractivity contribution >= 4 is 40.7 Å². The summed E-state index contributed by atoms with van der Waals surface area (Å²) in [5.41, 5.74) is 0.459. The Kier molecular flexibility index (Phi) is 3.64. The Morgan fingerprint density at radius 3 is 2.44 bits per heavy atom. The van der Waals surface area contributed by atoms with Crippen LogP contribution in [0.5, 0.6) is 0 Å². The number of amides is 1. The van der Waals surface area contributed by atoms with Crippen molar-refractivity contribution in [3.63, 3.8) is 0 Å². The Bertz CT molecular complexity index is 582. The van der Waals surface area contributed by atoms with Crippen molar-refractivity contribution in [3.05, 3.63) is 52.2 Å². The summed E-state index contributed by atoms with van der Waals surface area (Å²) >= 11 is 6.97. The van der Waals surface area contributed by atoms with Crippen molar-refractivity contribution in [1.29, 1.82) is 0 Å². The van der Waals surface area contributed by atoms with Crippen molar-refractivity contribution in [2.75, 3.05) is 4.42 Å². The molecular formula is C12H8ClNO3S. The fourth-order valence-corrected chi connectivity index (χ4v) is 2.47. The summed E-state index contributed by atoms with van der Waals surface area (Å²) < 4.78 is 0.915. The SMILES string of the molecule is O=C(O)c1ccsc1C(=O)N(Cl)c1ccccc1. The van der Waals surface area contributed by atoms with Crippen molar-refractivity contribution < 1.29 is 14.7 Å². The normalized spacial score (nSPS) is 10.1. The van der Waals surface area contributed by atoms with Crippen LogP contribution in [0.15, 0.2) is 41.8 Å². The van der Waals surface area contributed by atoms with Crippen LogP contribution in [-0.2, 0) is 0 Å². The largest absolute Gasteiger partial charge is 0.478 e. The average Bonchev–Trinajstić information content (AvgIpc) is 2.87. The maximum atomic E-state index is 12.1. The molecule has 2 rings (SSSR count). The van der Waals surface area contributed by atoms with Crippen molar-refractivity contribution in [2.45, 2.75) is 0 Å². The van der Waals surface area contributed by atoms with Gasteiger partial charge < -0.3 is 5.11 Å². The van der Waals surface area contributed by atoms with Gasteiger partial charge in [-0.05, 0) is 23.6 Å². The third kappa shape index (κ3) is 2.37. The summed E-state index contributed by atoms with van der Waals surface area (Å²) in [4.78, 5) is 23.1. The van der Waals surface area contributed by atoms with Crippen LogP contribution < -0.4 is 4.42 Å². The number of anilines is 1. The molecule has 0 aliphatic heterocycles. The van der Waals surface area contributed by atoms with Gasteiger partial charge in [-0.25, -0.2) is 9.21 Å². The average molecular weight is 282 g/mol. The molecule has 4 nitrogen and oxygen atoms in total. The molecule has 0 spiro atoms. The highest BCUT2D eigenvalue weighted by molar-refractivity contribution is 7.12. The van der Waals surface area contributed by atoms with Crippen LogP contribution in [0.1, 0.15) is 20.0 Å². The molecule has 0 saturated heterocycles. The summed E-state index contributed by atoms with van der Waals surface area (Å²) in [7, 11) is 0. The number of benzene rings is 1. The van der Waals surface area contributed by atoms with Gasteiger partial charge in [-0.3, -0.25) is 4.79 Å². The number of para-hydroxylation sites is 1. The number of hydrogen-bond acceptors (Lipinski definition) is 3. The summed E-state index contributed by atoms with van der Waals surface area (Å²) in [6, 6.07) is 10.00.